The number of phenolic OH excluding ortho intramolecular Hbond substituents is 1. The van der Waals surface area contributed by atoms with Crippen molar-refractivity contribution in [1.29, 1.82) is 0 Å². The number of methoxy groups -OCH3 is 2. The van der Waals surface area contributed by atoms with Gasteiger partial charge in [-0.05, 0) is 24.7 Å². The van der Waals surface area contributed by atoms with E-state index < -0.39 is 0 Å². The van der Waals surface area contributed by atoms with Crippen molar-refractivity contribution in [3.05, 3.63) is 23.8 Å². The molecule has 0 aromatic heterocycles. The van der Waals surface area contributed by atoms with Gasteiger partial charge >= 0.3 is 0 Å². The Morgan fingerprint density at radius 2 is 1.81 bits per heavy atom. The van der Waals surface area contributed by atoms with Crippen molar-refractivity contribution in [2.75, 3.05) is 27.8 Å². The van der Waals surface area contributed by atoms with E-state index >= 15 is 0 Å². The van der Waals surface area contributed by atoms with Gasteiger partial charge in [0.25, 0.3) is 0 Å². The first-order chi connectivity index (χ1) is 7.72. The Morgan fingerprint density at radius 1 is 1.25 bits per heavy atom. The van der Waals surface area contributed by atoms with E-state index in [-0.39, 0.29) is 5.75 Å². The van der Waals surface area contributed by atoms with Gasteiger partial charge in [-0.2, -0.15) is 0 Å². The van der Waals surface area contributed by atoms with Gasteiger partial charge in [-0.25, -0.2) is 0 Å². The maximum atomic E-state index is 9.70. The second kappa shape index (κ2) is 6.02. The fourth-order valence-corrected chi connectivity index (χ4v) is 1.32. The number of hydrogen-bond acceptors (Lipinski definition) is 4. The van der Waals surface area contributed by atoms with Crippen molar-refractivity contribution in [2.24, 2.45) is 0 Å². The zero-order valence-corrected chi connectivity index (χ0v) is 9.78. The normalized spacial score (nSPS) is 10.7. The molecule has 0 saturated carbocycles. The van der Waals surface area contributed by atoms with Crippen molar-refractivity contribution < 1.29 is 14.6 Å². The molecule has 0 atom stereocenters. The number of nitrogens with one attached hydrogen (secondary N) is 1. The van der Waals surface area contributed by atoms with E-state index in [0.29, 0.717) is 11.5 Å². The summed E-state index contributed by atoms with van der Waals surface area (Å²) in [5, 5.41) is 12.7. The first-order valence-corrected chi connectivity index (χ1v) is 4.99. The van der Waals surface area contributed by atoms with Gasteiger partial charge in [0, 0.05) is 6.54 Å². The van der Waals surface area contributed by atoms with Gasteiger partial charge < -0.3 is 19.9 Å². The molecule has 0 aliphatic carbocycles. The Bertz CT molecular complexity index is 350. The van der Waals surface area contributed by atoms with E-state index in [2.05, 4.69) is 5.32 Å². The molecule has 0 amide bonds. The lowest BCUT2D eigenvalue weighted by Crippen LogP contribution is -2.03. The fourth-order valence-electron chi connectivity index (χ4n) is 1.32. The van der Waals surface area contributed by atoms with Gasteiger partial charge in [0.15, 0.2) is 11.5 Å². The summed E-state index contributed by atoms with van der Waals surface area (Å²) in [6.45, 7) is 0.783. The van der Waals surface area contributed by atoms with Crippen LogP contribution in [0.3, 0.4) is 0 Å². The summed E-state index contributed by atoms with van der Waals surface area (Å²) in [5.41, 5.74) is 0.918. The molecule has 0 aliphatic heterocycles. The highest BCUT2D eigenvalue weighted by molar-refractivity contribution is 5.61. The van der Waals surface area contributed by atoms with Gasteiger partial charge in [0.2, 0.25) is 5.75 Å². The van der Waals surface area contributed by atoms with Gasteiger partial charge in [-0.1, -0.05) is 12.2 Å². The minimum absolute atomic E-state index is 0.0239. The molecular formula is C12H17NO3. The highest BCUT2D eigenvalue weighted by Crippen LogP contribution is 2.37. The van der Waals surface area contributed by atoms with E-state index in [0.717, 1.165) is 12.1 Å². The molecule has 0 spiro atoms. The number of phenols is 1. The third-order valence-corrected chi connectivity index (χ3v) is 2.13. The second-order valence-electron chi connectivity index (χ2n) is 3.23. The molecule has 0 radical (unpaired) electrons. The third-order valence-electron chi connectivity index (χ3n) is 2.13. The molecule has 0 bridgehead atoms. The molecule has 1 aromatic rings. The monoisotopic (exact) mass is 223 g/mol. The van der Waals surface area contributed by atoms with Crippen LogP contribution in [0.15, 0.2) is 18.2 Å². The molecule has 88 valence electrons. The van der Waals surface area contributed by atoms with Crippen molar-refractivity contribution in [2.45, 2.75) is 0 Å². The van der Waals surface area contributed by atoms with E-state index in [1.807, 2.05) is 19.2 Å². The van der Waals surface area contributed by atoms with Crippen LogP contribution < -0.4 is 14.8 Å². The Balaban J connectivity index is 3.02. The number of aromatic hydroxyl groups is 1. The van der Waals surface area contributed by atoms with Gasteiger partial charge in [0.05, 0.1) is 14.2 Å². The Morgan fingerprint density at radius 3 is 2.25 bits per heavy atom. The summed E-state index contributed by atoms with van der Waals surface area (Å²) >= 11 is 0. The number of likely N-dealkylation sites (N-methyl/N-ethyl adjacent to an activating group) is 1. The van der Waals surface area contributed by atoms with E-state index in [9.17, 15) is 5.11 Å². The summed E-state index contributed by atoms with van der Waals surface area (Å²) in [5.74, 6) is 0.836. The fraction of sp³-hybridized carbons (Fsp3) is 0.333. The zero-order valence-electron chi connectivity index (χ0n) is 9.78. The molecule has 0 unspecified atom stereocenters. The van der Waals surface area contributed by atoms with Crippen molar-refractivity contribution in [3.63, 3.8) is 0 Å². The average molecular weight is 223 g/mol. The molecule has 0 fully saturated rings. The number of ether oxygens (including phenoxy) is 2. The SMILES string of the molecule is CNCC=Cc1cc(OC)c(O)c(OC)c1. The van der Waals surface area contributed by atoms with Gasteiger partial charge in [0.1, 0.15) is 0 Å². The molecule has 4 nitrogen and oxygen atoms in total. The molecule has 16 heavy (non-hydrogen) atoms. The summed E-state index contributed by atoms with van der Waals surface area (Å²) in [6.07, 6.45) is 3.91. The maximum Gasteiger partial charge on any atom is 0.200 e. The van der Waals surface area contributed by atoms with Crippen LogP contribution in [0.5, 0.6) is 17.2 Å². The zero-order chi connectivity index (χ0) is 12.0. The van der Waals surface area contributed by atoms with E-state index in [1.165, 1.54) is 14.2 Å². The number of rotatable bonds is 5. The van der Waals surface area contributed by atoms with Crippen LogP contribution in [0, 0.1) is 0 Å². The summed E-state index contributed by atoms with van der Waals surface area (Å²) < 4.78 is 10.1. The molecule has 0 heterocycles. The smallest absolute Gasteiger partial charge is 0.200 e. The minimum Gasteiger partial charge on any atom is -0.502 e. The molecule has 1 aromatic carbocycles. The lowest BCUT2D eigenvalue weighted by atomic mass is 10.1. The van der Waals surface area contributed by atoms with Crippen LogP contribution in [-0.2, 0) is 0 Å². The lowest BCUT2D eigenvalue weighted by Gasteiger charge is -2.09. The second-order valence-corrected chi connectivity index (χ2v) is 3.23. The minimum atomic E-state index is 0.0239. The standard InChI is InChI=1S/C12H17NO3/c1-13-6-4-5-9-7-10(15-2)12(14)11(8-9)16-3/h4-5,7-8,13-14H,6H2,1-3H3. The summed E-state index contributed by atoms with van der Waals surface area (Å²) in [4.78, 5) is 0. The average Bonchev–Trinajstić information content (AvgIpc) is 2.31. The third kappa shape index (κ3) is 2.90. The first kappa shape index (κ1) is 12.4. The van der Waals surface area contributed by atoms with E-state index in [4.69, 9.17) is 9.47 Å². The Labute approximate surface area is 95.5 Å². The number of benzene rings is 1. The largest absolute Gasteiger partial charge is 0.502 e. The quantitative estimate of drug-likeness (QED) is 0.796. The molecular weight excluding hydrogens is 206 g/mol. The first-order valence-electron chi connectivity index (χ1n) is 4.99. The van der Waals surface area contributed by atoms with E-state index in [1.54, 1.807) is 12.1 Å². The number of hydrogen-bond donors (Lipinski definition) is 2. The van der Waals surface area contributed by atoms with Crippen molar-refractivity contribution in [3.8, 4) is 17.2 Å². The highest BCUT2D eigenvalue weighted by atomic mass is 16.5. The lowest BCUT2D eigenvalue weighted by molar-refractivity contribution is 0.340. The van der Waals surface area contributed by atoms with Crippen LogP contribution in [0.2, 0.25) is 0 Å². The predicted octanol–water partition coefficient (Wildman–Crippen LogP) is 1.64. The van der Waals surface area contributed by atoms with Gasteiger partial charge in [-0.15, -0.1) is 0 Å². The van der Waals surface area contributed by atoms with Crippen LogP contribution >= 0.6 is 0 Å². The van der Waals surface area contributed by atoms with Crippen molar-refractivity contribution >= 4 is 6.08 Å². The van der Waals surface area contributed by atoms with Crippen molar-refractivity contribution in [1.82, 2.24) is 5.32 Å². The molecule has 2 N–H and O–H groups in total. The van der Waals surface area contributed by atoms with Crippen LogP contribution in [0.25, 0.3) is 6.08 Å². The van der Waals surface area contributed by atoms with Gasteiger partial charge in [-0.3, -0.25) is 0 Å². The Hall–Kier alpha value is -1.68. The molecule has 0 saturated heterocycles. The van der Waals surface area contributed by atoms with Crippen LogP contribution in [-0.4, -0.2) is 32.9 Å². The molecule has 1 rings (SSSR count). The van der Waals surface area contributed by atoms with Crippen LogP contribution in [0.4, 0.5) is 0 Å². The topological polar surface area (TPSA) is 50.7 Å². The predicted molar refractivity (Wildman–Crippen MR) is 64.2 cm³/mol. The summed E-state index contributed by atoms with van der Waals surface area (Å²) in [6, 6.07) is 3.51. The molecule has 4 heteroatoms. The Kier molecular flexibility index (Phi) is 4.66. The highest BCUT2D eigenvalue weighted by Gasteiger charge is 2.09. The maximum absolute atomic E-state index is 9.70. The van der Waals surface area contributed by atoms with Crippen LogP contribution in [0.1, 0.15) is 5.56 Å². The summed E-state index contributed by atoms with van der Waals surface area (Å²) in [7, 11) is 4.90. The molecule has 0 aliphatic rings.